The number of nitrogens with zero attached hydrogens (tertiary/aromatic N) is 4. The summed E-state index contributed by atoms with van der Waals surface area (Å²) in [5.74, 6) is 2.50. The van der Waals surface area contributed by atoms with Crippen LogP contribution in [0, 0.1) is 0 Å². The van der Waals surface area contributed by atoms with Gasteiger partial charge in [-0.15, -0.1) is 0 Å². The van der Waals surface area contributed by atoms with Gasteiger partial charge in [-0.25, -0.2) is 9.97 Å². The largest absolute Gasteiger partial charge is 0.362 e. The molecule has 0 amide bonds. The number of nitrogens with one attached hydrogen (secondary N) is 1. The van der Waals surface area contributed by atoms with Crippen molar-refractivity contribution < 1.29 is 4.52 Å². The molecular formula is C18H17N5O. The van der Waals surface area contributed by atoms with Gasteiger partial charge in [0, 0.05) is 12.1 Å². The molecule has 5 rings (SSSR count). The predicted molar refractivity (Wildman–Crippen MR) is 88.4 cm³/mol. The van der Waals surface area contributed by atoms with Gasteiger partial charge in [0.25, 0.3) is 5.89 Å². The molecule has 2 aromatic heterocycles. The molecule has 24 heavy (non-hydrogen) atoms. The van der Waals surface area contributed by atoms with Crippen LogP contribution in [0.15, 0.2) is 41.3 Å². The lowest BCUT2D eigenvalue weighted by atomic mass is 10.1. The predicted octanol–water partition coefficient (Wildman–Crippen LogP) is 3.50. The molecule has 0 unspecified atom stereocenters. The van der Waals surface area contributed by atoms with E-state index in [1.54, 1.807) is 12.5 Å². The average Bonchev–Trinajstić information content (AvgIpc) is 3.22. The topological polar surface area (TPSA) is 76.7 Å². The van der Waals surface area contributed by atoms with Crippen LogP contribution >= 0.6 is 0 Å². The first-order chi connectivity index (χ1) is 11.9. The third kappa shape index (κ3) is 2.35. The maximum absolute atomic E-state index is 5.45. The number of anilines is 1. The fourth-order valence-corrected chi connectivity index (χ4v) is 3.32. The molecule has 3 aromatic rings. The number of hydrogen-bond donors (Lipinski definition) is 1. The average molecular weight is 319 g/mol. The van der Waals surface area contributed by atoms with Crippen LogP contribution in [0.4, 0.5) is 5.82 Å². The van der Waals surface area contributed by atoms with E-state index in [0.29, 0.717) is 11.8 Å². The highest BCUT2D eigenvalue weighted by Gasteiger charge is 2.30. The normalized spacial score (nSPS) is 19.2. The van der Waals surface area contributed by atoms with Gasteiger partial charge >= 0.3 is 0 Å². The summed E-state index contributed by atoms with van der Waals surface area (Å²) in [6.07, 6.45) is 7.72. The Balaban J connectivity index is 1.46. The summed E-state index contributed by atoms with van der Waals surface area (Å²) in [5.41, 5.74) is 3.51. The van der Waals surface area contributed by atoms with E-state index in [0.717, 1.165) is 42.9 Å². The van der Waals surface area contributed by atoms with Crippen LogP contribution in [0.5, 0.6) is 0 Å². The van der Waals surface area contributed by atoms with Crippen molar-refractivity contribution >= 4 is 5.82 Å². The Kier molecular flexibility index (Phi) is 3.07. The zero-order valence-electron chi connectivity index (χ0n) is 13.1. The van der Waals surface area contributed by atoms with Crippen molar-refractivity contribution in [1.29, 1.82) is 0 Å². The maximum atomic E-state index is 5.45. The van der Waals surface area contributed by atoms with Crippen LogP contribution in [0.1, 0.15) is 48.2 Å². The highest BCUT2D eigenvalue weighted by atomic mass is 16.5. The number of benzene rings is 1. The highest BCUT2D eigenvalue weighted by Crippen LogP contribution is 2.40. The summed E-state index contributed by atoms with van der Waals surface area (Å²) in [6, 6.07) is 8.80. The molecular weight excluding hydrogens is 302 g/mol. The van der Waals surface area contributed by atoms with Gasteiger partial charge in [-0.05, 0) is 36.8 Å². The molecule has 120 valence electrons. The number of aryl methyl sites for hydroxylation is 1. The van der Waals surface area contributed by atoms with Crippen molar-refractivity contribution in [2.45, 2.75) is 37.6 Å². The van der Waals surface area contributed by atoms with Gasteiger partial charge in [0.1, 0.15) is 17.7 Å². The standard InChI is InChI=1S/C18H17N5O/c1-2-4-13-11(3-1)7-8-15(13)21-17-14(9-19-10-20-17)18-22-16(23-24-18)12-5-6-12/h1-4,9-10,12,15H,5-8H2,(H,19,20,21)/t15-/m1/s1. The van der Waals surface area contributed by atoms with Crippen molar-refractivity contribution in [2.24, 2.45) is 0 Å². The molecule has 2 aliphatic rings. The van der Waals surface area contributed by atoms with E-state index in [2.05, 4.69) is 49.7 Å². The van der Waals surface area contributed by atoms with Crippen molar-refractivity contribution in [3.8, 4) is 11.5 Å². The third-order valence-electron chi connectivity index (χ3n) is 4.77. The van der Waals surface area contributed by atoms with Crippen LogP contribution in [0.25, 0.3) is 11.5 Å². The first kappa shape index (κ1) is 13.7. The summed E-state index contributed by atoms with van der Waals surface area (Å²) in [6.45, 7) is 0. The molecule has 0 bridgehead atoms. The smallest absolute Gasteiger partial charge is 0.263 e. The summed E-state index contributed by atoms with van der Waals surface area (Å²) in [4.78, 5) is 13.1. The van der Waals surface area contributed by atoms with Gasteiger partial charge in [0.2, 0.25) is 0 Å². The van der Waals surface area contributed by atoms with Crippen molar-refractivity contribution in [3.05, 3.63) is 53.7 Å². The van der Waals surface area contributed by atoms with Crippen molar-refractivity contribution in [3.63, 3.8) is 0 Å². The summed E-state index contributed by atoms with van der Waals surface area (Å²) in [7, 11) is 0. The van der Waals surface area contributed by atoms with E-state index >= 15 is 0 Å². The fourth-order valence-electron chi connectivity index (χ4n) is 3.32. The first-order valence-corrected chi connectivity index (χ1v) is 8.37. The minimum Gasteiger partial charge on any atom is -0.362 e. The Morgan fingerprint density at radius 3 is 2.96 bits per heavy atom. The number of aromatic nitrogens is 4. The Hall–Kier alpha value is -2.76. The zero-order valence-corrected chi connectivity index (χ0v) is 13.1. The molecule has 6 nitrogen and oxygen atoms in total. The van der Waals surface area contributed by atoms with Gasteiger partial charge < -0.3 is 9.84 Å². The van der Waals surface area contributed by atoms with Crippen LogP contribution in [0.2, 0.25) is 0 Å². The van der Waals surface area contributed by atoms with Crippen LogP contribution in [-0.2, 0) is 6.42 Å². The second kappa shape index (κ2) is 5.40. The molecule has 0 aliphatic heterocycles. The summed E-state index contributed by atoms with van der Waals surface area (Å²) < 4.78 is 5.45. The second-order valence-electron chi connectivity index (χ2n) is 6.45. The monoisotopic (exact) mass is 319 g/mol. The molecule has 1 atom stereocenters. The van der Waals surface area contributed by atoms with E-state index in [1.165, 1.54) is 11.1 Å². The van der Waals surface area contributed by atoms with Gasteiger partial charge in [0.15, 0.2) is 5.82 Å². The van der Waals surface area contributed by atoms with Gasteiger partial charge in [-0.1, -0.05) is 29.4 Å². The second-order valence-corrected chi connectivity index (χ2v) is 6.45. The molecule has 2 heterocycles. The van der Waals surface area contributed by atoms with E-state index in [9.17, 15) is 0 Å². The van der Waals surface area contributed by atoms with Crippen molar-refractivity contribution in [1.82, 2.24) is 20.1 Å². The zero-order chi connectivity index (χ0) is 15.9. The number of hydrogen-bond acceptors (Lipinski definition) is 6. The molecule has 1 saturated carbocycles. The molecule has 0 spiro atoms. The van der Waals surface area contributed by atoms with Crippen LogP contribution < -0.4 is 5.32 Å². The first-order valence-electron chi connectivity index (χ1n) is 8.37. The van der Waals surface area contributed by atoms with Gasteiger partial charge in [0.05, 0.1) is 6.04 Å². The molecule has 6 heteroatoms. The molecule has 0 radical (unpaired) electrons. The minimum absolute atomic E-state index is 0.251. The summed E-state index contributed by atoms with van der Waals surface area (Å²) >= 11 is 0. The Morgan fingerprint density at radius 2 is 2.04 bits per heavy atom. The molecule has 1 aromatic carbocycles. The molecule has 2 aliphatic carbocycles. The lowest BCUT2D eigenvalue weighted by Gasteiger charge is -2.15. The molecule has 1 N–H and O–H groups in total. The van der Waals surface area contributed by atoms with Gasteiger partial charge in [-0.3, -0.25) is 0 Å². The van der Waals surface area contributed by atoms with E-state index in [4.69, 9.17) is 4.52 Å². The number of fused-ring (bicyclic) bond motifs is 1. The molecule has 1 fully saturated rings. The number of rotatable bonds is 4. The van der Waals surface area contributed by atoms with E-state index in [-0.39, 0.29) is 6.04 Å². The van der Waals surface area contributed by atoms with Crippen molar-refractivity contribution in [2.75, 3.05) is 5.32 Å². The Bertz CT molecular complexity index is 886. The molecule has 0 saturated heterocycles. The lowest BCUT2D eigenvalue weighted by Crippen LogP contribution is -2.09. The summed E-state index contributed by atoms with van der Waals surface area (Å²) in [5, 5.41) is 7.63. The highest BCUT2D eigenvalue weighted by molar-refractivity contribution is 5.68. The van der Waals surface area contributed by atoms with E-state index in [1.807, 2.05) is 0 Å². The SMILES string of the molecule is c1ccc2c(c1)CC[C@H]2Nc1ncncc1-c1nc(C2CC2)no1. The van der Waals surface area contributed by atoms with Gasteiger partial charge in [-0.2, -0.15) is 4.98 Å². The minimum atomic E-state index is 0.251. The maximum Gasteiger partial charge on any atom is 0.263 e. The quantitative estimate of drug-likeness (QED) is 0.793. The third-order valence-corrected chi connectivity index (χ3v) is 4.77. The Morgan fingerprint density at radius 1 is 1.12 bits per heavy atom. The lowest BCUT2D eigenvalue weighted by molar-refractivity contribution is 0.422. The van der Waals surface area contributed by atoms with Crippen LogP contribution in [-0.4, -0.2) is 20.1 Å². The fraction of sp³-hybridized carbons (Fsp3) is 0.333. The van der Waals surface area contributed by atoms with E-state index < -0.39 is 0 Å². The Labute approximate surface area is 139 Å². The van der Waals surface area contributed by atoms with Crippen LogP contribution in [0.3, 0.4) is 0 Å².